The van der Waals surface area contributed by atoms with Crippen molar-refractivity contribution in [1.82, 2.24) is 9.62 Å². The molecule has 32 heavy (non-hydrogen) atoms. The summed E-state index contributed by atoms with van der Waals surface area (Å²) in [6.45, 7) is 4.07. The molecule has 0 heterocycles. The van der Waals surface area contributed by atoms with Gasteiger partial charge in [-0.3, -0.25) is 0 Å². The Morgan fingerprint density at radius 1 is 1.09 bits per heavy atom. The molecule has 0 bridgehead atoms. The van der Waals surface area contributed by atoms with Gasteiger partial charge in [0.15, 0.2) is 5.96 Å². The Morgan fingerprint density at radius 3 is 2.53 bits per heavy atom. The third-order valence-electron chi connectivity index (χ3n) is 4.34. The van der Waals surface area contributed by atoms with Crippen LogP contribution < -0.4 is 15.4 Å². The summed E-state index contributed by atoms with van der Waals surface area (Å²) in [5, 5.41) is 6.43. The molecule has 0 saturated heterocycles. The van der Waals surface area contributed by atoms with Crippen molar-refractivity contribution in [2.45, 2.75) is 24.8 Å². The summed E-state index contributed by atoms with van der Waals surface area (Å²) in [5.41, 5.74) is 1.45. The van der Waals surface area contributed by atoms with E-state index in [9.17, 15) is 8.42 Å². The lowest BCUT2D eigenvalue weighted by atomic mass is 10.2. The number of anilines is 1. The zero-order valence-electron chi connectivity index (χ0n) is 19.0. The first-order valence-electron chi connectivity index (χ1n) is 10.2. The Balaban J connectivity index is 0.00000512. The predicted octanol–water partition coefficient (Wildman–Crippen LogP) is 3.55. The van der Waals surface area contributed by atoms with E-state index in [1.807, 2.05) is 37.3 Å². The van der Waals surface area contributed by atoms with Crippen molar-refractivity contribution in [2.75, 3.05) is 46.3 Å². The van der Waals surface area contributed by atoms with Crippen LogP contribution in [0.15, 0.2) is 58.4 Å². The molecule has 0 spiro atoms. The molecule has 8 nitrogen and oxygen atoms in total. The van der Waals surface area contributed by atoms with E-state index in [0.717, 1.165) is 17.9 Å². The van der Waals surface area contributed by atoms with Crippen LogP contribution in [-0.2, 0) is 21.3 Å². The van der Waals surface area contributed by atoms with Gasteiger partial charge >= 0.3 is 0 Å². The van der Waals surface area contributed by atoms with Crippen LogP contribution in [0.2, 0.25) is 0 Å². The summed E-state index contributed by atoms with van der Waals surface area (Å²) in [6, 6.07) is 14.5. The van der Waals surface area contributed by atoms with Crippen LogP contribution in [0, 0.1) is 0 Å². The Bertz CT molecular complexity index is 968. The van der Waals surface area contributed by atoms with Gasteiger partial charge in [0.05, 0.1) is 18.0 Å². The average Bonchev–Trinajstić information content (AvgIpc) is 2.75. The van der Waals surface area contributed by atoms with E-state index in [4.69, 9.17) is 9.47 Å². The number of nitrogens with one attached hydrogen (secondary N) is 2. The highest BCUT2D eigenvalue weighted by Crippen LogP contribution is 2.20. The Hall–Kier alpha value is -1.89. The summed E-state index contributed by atoms with van der Waals surface area (Å²) in [6.07, 6.45) is 0.813. The zero-order chi connectivity index (χ0) is 22.7. The lowest BCUT2D eigenvalue weighted by molar-refractivity contribution is 0.172. The van der Waals surface area contributed by atoms with E-state index in [1.165, 1.54) is 18.4 Å². The average molecular weight is 577 g/mol. The molecule has 0 radical (unpaired) electrons. The van der Waals surface area contributed by atoms with Gasteiger partial charge in [-0.05, 0) is 30.7 Å². The van der Waals surface area contributed by atoms with Crippen LogP contribution in [0.5, 0.6) is 5.75 Å². The molecule has 0 aliphatic rings. The van der Waals surface area contributed by atoms with Crippen molar-refractivity contribution < 1.29 is 17.9 Å². The number of rotatable bonds is 11. The number of benzene rings is 2. The van der Waals surface area contributed by atoms with Crippen LogP contribution in [0.1, 0.15) is 18.9 Å². The quantitative estimate of drug-likeness (QED) is 0.184. The summed E-state index contributed by atoms with van der Waals surface area (Å²) in [7, 11) is 1.16. The minimum atomic E-state index is -3.55. The normalized spacial score (nSPS) is 11.7. The molecule has 0 fully saturated rings. The molecule has 2 aromatic carbocycles. The van der Waals surface area contributed by atoms with Crippen LogP contribution in [0.25, 0.3) is 0 Å². The van der Waals surface area contributed by atoms with E-state index in [2.05, 4.69) is 15.6 Å². The van der Waals surface area contributed by atoms with Crippen molar-refractivity contribution in [3.05, 3.63) is 54.1 Å². The van der Waals surface area contributed by atoms with Crippen LogP contribution >= 0.6 is 24.0 Å². The number of sulfonamides is 1. The highest BCUT2D eigenvalue weighted by molar-refractivity contribution is 14.0. The monoisotopic (exact) mass is 576 g/mol. The van der Waals surface area contributed by atoms with Crippen LogP contribution in [-0.4, -0.2) is 59.6 Å². The van der Waals surface area contributed by atoms with Gasteiger partial charge in [0.2, 0.25) is 10.0 Å². The Kier molecular flexibility index (Phi) is 12.6. The lowest BCUT2D eigenvalue weighted by Gasteiger charge is -2.15. The number of aliphatic imine (C=N–C) groups is 1. The fraction of sp³-hybridized carbons (Fsp3) is 0.409. The lowest BCUT2D eigenvalue weighted by Crippen LogP contribution is -2.30. The molecule has 0 aromatic heterocycles. The molecule has 0 unspecified atom stereocenters. The minimum Gasteiger partial charge on any atom is -0.493 e. The maximum atomic E-state index is 12.6. The van der Waals surface area contributed by atoms with Crippen molar-refractivity contribution in [1.29, 1.82) is 0 Å². The van der Waals surface area contributed by atoms with Gasteiger partial charge < -0.3 is 20.1 Å². The summed E-state index contributed by atoms with van der Waals surface area (Å²) in [5.74, 6) is 1.30. The minimum absolute atomic E-state index is 0. The van der Waals surface area contributed by atoms with Gasteiger partial charge in [0.1, 0.15) is 5.75 Å². The Labute approximate surface area is 208 Å². The van der Waals surface area contributed by atoms with Crippen molar-refractivity contribution >= 4 is 45.6 Å². The standard InChI is InChI=1S/C22H32N4O4S.HI/c1-5-23-22(25-19-11-8-12-20(16-19)30-15-9-14-29-4)24-17-18-10-6-7-13-21(18)31(27,28)26(2)3;/h6-8,10-13,16H,5,9,14-15,17H2,1-4H3,(H2,23,24,25);1H. The fourth-order valence-corrected chi connectivity index (χ4v) is 3.86. The van der Waals surface area contributed by atoms with E-state index in [-0.39, 0.29) is 35.4 Å². The first-order valence-corrected chi connectivity index (χ1v) is 11.6. The molecule has 10 heteroatoms. The molecule has 2 aromatic rings. The van der Waals surface area contributed by atoms with Gasteiger partial charge in [-0.25, -0.2) is 17.7 Å². The summed E-state index contributed by atoms with van der Waals surface area (Å²) >= 11 is 0. The molecule has 0 amide bonds. The number of nitrogens with zero attached hydrogens (tertiary/aromatic N) is 2. The number of guanidine groups is 1. The molecular formula is C22H33IN4O4S. The first kappa shape index (κ1) is 28.1. The smallest absolute Gasteiger partial charge is 0.242 e. The Morgan fingerprint density at radius 2 is 1.84 bits per heavy atom. The topological polar surface area (TPSA) is 92.3 Å². The van der Waals surface area contributed by atoms with Crippen molar-refractivity contribution in [3.63, 3.8) is 0 Å². The molecule has 2 rings (SSSR count). The molecule has 2 N–H and O–H groups in total. The molecule has 0 atom stereocenters. The molecule has 0 aliphatic carbocycles. The SMILES string of the molecule is CCNC(=NCc1ccccc1S(=O)(=O)N(C)C)Nc1cccc(OCCCOC)c1.I. The van der Waals surface area contributed by atoms with E-state index in [1.54, 1.807) is 25.3 Å². The third kappa shape index (κ3) is 8.57. The number of ether oxygens (including phenoxy) is 2. The molecule has 0 aliphatic heterocycles. The number of halogens is 1. The number of hydrogen-bond donors (Lipinski definition) is 2. The molecular weight excluding hydrogens is 543 g/mol. The largest absolute Gasteiger partial charge is 0.493 e. The maximum absolute atomic E-state index is 12.6. The second kappa shape index (κ2) is 14.3. The van der Waals surface area contributed by atoms with E-state index < -0.39 is 10.0 Å². The number of hydrogen-bond acceptors (Lipinski definition) is 5. The van der Waals surface area contributed by atoms with E-state index >= 15 is 0 Å². The maximum Gasteiger partial charge on any atom is 0.242 e. The molecule has 178 valence electrons. The van der Waals surface area contributed by atoms with Crippen LogP contribution in [0.4, 0.5) is 5.69 Å². The van der Waals surface area contributed by atoms with Gasteiger partial charge in [-0.1, -0.05) is 24.3 Å². The summed E-state index contributed by atoms with van der Waals surface area (Å²) in [4.78, 5) is 4.84. The van der Waals surface area contributed by atoms with Gasteiger partial charge in [0, 0.05) is 52.5 Å². The fourth-order valence-electron chi connectivity index (χ4n) is 2.75. The second-order valence-corrected chi connectivity index (χ2v) is 9.06. The zero-order valence-corrected chi connectivity index (χ0v) is 22.1. The number of methoxy groups -OCH3 is 1. The van der Waals surface area contributed by atoms with Gasteiger partial charge in [-0.15, -0.1) is 24.0 Å². The summed E-state index contributed by atoms with van der Waals surface area (Å²) < 4.78 is 37.2. The first-order chi connectivity index (χ1) is 14.9. The van der Waals surface area contributed by atoms with Crippen molar-refractivity contribution in [3.8, 4) is 5.75 Å². The third-order valence-corrected chi connectivity index (χ3v) is 6.26. The van der Waals surface area contributed by atoms with Gasteiger partial charge in [0.25, 0.3) is 0 Å². The second-order valence-electron chi connectivity index (χ2n) is 6.94. The highest BCUT2D eigenvalue weighted by atomic mass is 127. The highest BCUT2D eigenvalue weighted by Gasteiger charge is 2.20. The predicted molar refractivity (Wildman–Crippen MR) is 140 cm³/mol. The van der Waals surface area contributed by atoms with Gasteiger partial charge in [-0.2, -0.15) is 0 Å². The van der Waals surface area contributed by atoms with E-state index in [0.29, 0.717) is 31.3 Å². The van der Waals surface area contributed by atoms with Crippen molar-refractivity contribution in [2.24, 2.45) is 4.99 Å². The van der Waals surface area contributed by atoms with Crippen LogP contribution in [0.3, 0.4) is 0 Å². The molecule has 0 saturated carbocycles.